The summed E-state index contributed by atoms with van der Waals surface area (Å²) in [4.78, 5) is 11.1. The fourth-order valence-corrected chi connectivity index (χ4v) is 3.13. The Bertz CT molecular complexity index is 700. The zero-order valence-corrected chi connectivity index (χ0v) is 10.7. The van der Waals surface area contributed by atoms with Crippen LogP contribution >= 0.6 is 11.3 Å². The summed E-state index contributed by atoms with van der Waals surface area (Å²) in [5.41, 5.74) is 2.13. The van der Waals surface area contributed by atoms with Crippen LogP contribution in [0.15, 0.2) is 6.33 Å². The highest BCUT2D eigenvalue weighted by Gasteiger charge is 2.15. The van der Waals surface area contributed by atoms with Crippen LogP contribution in [0.3, 0.4) is 0 Å². The number of ether oxygens (including phenoxy) is 1. The summed E-state index contributed by atoms with van der Waals surface area (Å²) in [5.74, 6) is 0. The normalized spacial score (nSPS) is 11.5. The fourth-order valence-electron chi connectivity index (χ4n) is 2.06. The number of aryl methyl sites for hydroxylation is 2. The topological polar surface area (TPSA) is 52.3 Å². The average Bonchev–Trinajstić information content (AvgIpc) is 2.87. The lowest BCUT2D eigenvalue weighted by Crippen LogP contribution is -1.91. The zero-order valence-electron chi connectivity index (χ0n) is 9.89. The molecule has 0 aliphatic heterocycles. The van der Waals surface area contributed by atoms with Crippen LogP contribution in [0.5, 0.6) is 6.01 Å². The van der Waals surface area contributed by atoms with E-state index in [1.165, 1.54) is 10.4 Å². The Morgan fingerprint density at radius 1 is 1.47 bits per heavy atom. The minimum Gasteiger partial charge on any atom is -0.466 e. The largest absolute Gasteiger partial charge is 0.466 e. The van der Waals surface area contributed by atoms with Crippen molar-refractivity contribution in [3.63, 3.8) is 0 Å². The lowest BCUT2D eigenvalue weighted by molar-refractivity contribution is 0.380. The number of nitrogens with zero attached hydrogens (tertiary/aromatic N) is 4. The number of methoxy groups -OCH3 is 1. The lowest BCUT2D eigenvalue weighted by atomic mass is 10.1. The van der Waals surface area contributed by atoms with Crippen molar-refractivity contribution < 1.29 is 4.74 Å². The molecule has 3 heterocycles. The highest BCUT2D eigenvalue weighted by molar-refractivity contribution is 7.18. The molecule has 0 bridgehead atoms. The van der Waals surface area contributed by atoms with Crippen molar-refractivity contribution in [3.8, 4) is 6.01 Å². The van der Waals surface area contributed by atoms with E-state index in [1.807, 2.05) is 0 Å². The zero-order chi connectivity index (χ0) is 12.0. The van der Waals surface area contributed by atoms with E-state index in [9.17, 15) is 0 Å². The molecule has 0 fully saturated rings. The molecule has 0 amide bonds. The number of rotatable bonds is 2. The number of thiophene rings is 1. The molecule has 0 atom stereocenters. The second-order valence-electron chi connectivity index (χ2n) is 3.78. The first-order chi connectivity index (χ1) is 8.24. The van der Waals surface area contributed by atoms with Gasteiger partial charge in [-0.3, -0.25) is 0 Å². The van der Waals surface area contributed by atoms with E-state index >= 15 is 0 Å². The quantitative estimate of drug-likeness (QED) is 0.697. The summed E-state index contributed by atoms with van der Waals surface area (Å²) < 4.78 is 6.73. The Morgan fingerprint density at radius 3 is 3.00 bits per heavy atom. The first-order valence-corrected chi connectivity index (χ1v) is 6.23. The maximum atomic E-state index is 5.06. The highest BCUT2D eigenvalue weighted by Crippen LogP contribution is 2.32. The van der Waals surface area contributed by atoms with Gasteiger partial charge < -0.3 is 4.74 Å². The number of fused-ring (bicyclic) bond motifs is 3. The Labute approximate surface area is 102 Å². The molecule has 3 rings (SSSR count). The first kappa shape index (κ1) is 10.5. The van der Waals surface area contributed by atoms with Crippen LogP contribution in [0.1, 0.15) is 17.4 Å². The van der Waals surface area contributed by atoms with Crippen LogP contribution in [-0.2, 0) is 6.42 Å². The van der Waals surface area contributed by atoms with E-state index in [0.717, 1.165) is 22.3 Å². The van der Waals surface area contributed by atoms with E-state index in [0.29, 0.717) is 6.01 Å². The molecule has 0 unspecified atom stereocenters. The van der Waals surface area contributed by atoms with Crippen molar-refractivity contribution in [1.29, 1.82) is 0 Å². The maximum Gasteiger partial charge on any atom is 0.336 e. The summed E-state index contributed by atoms with van der Waals surface area (Å²) in [6, 6.07) is 0.380. The van der Waals surface area contributed by atoms with Crippen LogP contribution in [0.2, 0.25) is 0 Å². The molecular weight excluding hydrogens is 236 g/mol. The van der Waals surface area contributed by atoms with Crippen LogP contribution in [0, 0.1) is 6.92 Å². The minimum atomic E-state index is 0.380. The van der Waals surface area contributed by atoms with E-state index in [1.54, 1.807) is 29.3 Å². The van der Waals surface area contributed by atoms with Crippen molar-refractivity contribution in [2.24, 2.45) is 0 Å². The number of aromatic nitrogens is 4. The maximum absolute atomic E-state index is 5.06. The van der Waals surface area contributed by atoms with Crippen LogP contribution < -0.4 is 4.74 Å². The Kier molecular flexibility index (Phi) is 2.25. The van der Waals surface area contributed by atoms with Gasteiger partial charge in [0.2, 0.25) is 0 Å². The van der Waals surface area contributed by atoms with Crippen molar-refractivity contribution in [2.45, 2.75) is 20.3 Å². The molecule has 0 aliphatic rings. The highest BCUT2D eigenvalue weighted by atomic mass is 32.1. The van der Waals surface area contributed by atoms with Crippen molar-refractivity contribution in [1.82, 2.24) is 19.6 Å². The molecule has 0 aromatic carbocycles. The number of hydrogen-bond donors (Lipinski definition) is 0. The summed E-state index contributed by atoms with van der Waals surface area (Å²) in [6.07, 6.45) is 2.66. The Morgan fingerprint density at radius 2 is 2.29 bits per heavy atom. The smallest absolute Gasteiger partial charge is 0.336 e. The average molecular weight is 248 g/mol. The molecule has 0 N–H and O–H groups in total. The van der Waals surface area contributed by atoms with Gasteiger partial charge in [0.1, 0.15) is 11.2 Å². The molecule has 6 heteroatoms. The molecular formula is C11H12N4OS. The van der Waals surface area contributed by atoms with E-state index < -0.39 is 0 Å². The van der Waals surface area contributed by atoms with Crippen LogP contribution in [0.4, 0.5) is 0 Å². The van der Waals surface area contributed by atoms with Crippen molar-refractivity contribution >= 4 is 27.2 Å². The van der Waals surface area contributed by atoms with Gasteiger partial charge in [-0.1, -0.05) is 6.92 Å². The fraction of sp³-hybridized carbons (Fsp3) is 0.364. The van der Waals surface area contributed by atoms with Gasteiger partial charge in [0, 0.05) is 4.88 Å². The van der Waals surface area contributed by atoms with Crippen LogP contribution in [0.25, 0.3) is 15.9 Å². The van der Waals surface area contributed by atoms with Crippen molar-refractivity contribution in [3.05, 3.63) is 16.8 Å². The second-order valence-corrected chi connectivity index (χ2v) is 4.98. The Hall–Kier alpha value is -1.69. The third-order valence-electron chi connectivity index (χ3n) is 2.85. The van der Waals surface area contributed by atoms with Gasteiger partial charge in [-0.15, -0.1) is 16.4 Å². The van der Waals surface area contributed by atoms with Gasteiger partial charge in [0.25, 0.3) is 0 Å². The minimum absolute atomic E-state index is 0.380. The van der Waals surface area contributed by atoms with E-state index in [4.69, 9.17) is 4.74 Å². The predicted molar refractivity (Wildman–Crippen MR) is 66.8 cm³/mol. The summed E-state index contributed by atoms with van der Waals surface area (Å²) in [7, 11) is 1.57. The van der Waals surface area contributed by atoms with E-state index in [2.05, 4.69) is 28.9 Å². The summed E-state index contributed by atoms with van der Waals surface area (Å²) in [6.45, 7) is 4.26. The molecule has 0 radical (unpaired) electrons. The summed E-state index contributed by atoms with van der Waals surface area (Å²) >= 11 is 1.70. The van der Waals surface area contributed by atoms with Gasteiger partial charge >= 0.3 is 6.01 Å². The van der Waals surface area contributed by atoms with Gasteiger partial charge in [-0.05, 0) is 18.9 Å². The Balaban J connectivity index is 2.47. The second kappa shape index (κ2) is 3.66. The standard InChI is InChI=1S/C11H12N4OS/c1-4-7-6(2)17-10-8(7)9-13-11(16-3)14-15(9)5-12-10/h5H,4H2,1-3H3. The monoisotopic (exact) mass is 248 g/mol. The van der Waals surface area contributed by atoms with Crippen LogP contribution in [-0.4, -0.2) is 26.7 Å². The van der Waals surface area contributed by atoms with Gasteiger partial charge in [0.05, 0.1) is 12.5 Å². The van der Waals surface area contributed by atoms with Gasteiger partial charge in [0.15, 0.2) is 5.65 Å². The molecule has 5 nitrogen and oxygen atoms in total. The molecule has 0 saturated heterocycles. The molecule has 17 heavy (non-hydrogen) atoms. The van der Waals surface area contributed by atoms with E-state index in [-0.39, 0.29) is 0 Å². The lowest BCUT2D eigenvalue weighted by Gasteiger charge is -1.96. The molecule has 0 spiro atoms. The molecule has 0 saturated carbocycles. The van der Waals surface area contributed by atoms with Gasteiger partial charge in [-0.2, -0.15) is 9.50 Å². The molecule has 0 aliphatic carbocycles. The third kappa shape index (κ3) is 1.40. The van der Waals surface area contributed by atoms with Gasteiger partial charge in [-0.25, -0.2) is 4.98 Å². The predicted octanol–water partition coefficient (Wildman–Crippen LogP) is 2.22. The molecule has 3 aromatic rings. The molecule has 3 aromatic heterocycles. The van der Waals surface area contributed by atoms with Crippen molar-refractivity contribution in [2.75, 3.05) is 7.11 Å². The number of hydrogen-bond acceptors (Lipinski definition) is 5. The first-order valence-electron chi connectivity index (χ1n) is 5.42. The summed E-state index contributed by atoms with van der Waals surface area (Å²) in [5, 5.41) is 5.30. The molecule has 88 valence electrons. The SMILES string of the molecule is CCc1c(C)sc2ncn3nc(OC)nc3c12. The third-order valence-corrected chi connectivity index (χ3v) is 3.90.